The number of aliphatic hydroxyl groups excluding tert-OH is 1. The number of ether oxygens (including phenoxy) is 2. The molecule has 2 aromatic carbocycles. The van der Waals surface area contributed by atoms with Gasteiger partial charge >= 0.3 is 5.97 Å². The first kappa shape index (κ1) is 29.1. The average molecular weight is 588 g/mol. The van der Waals surface area contributed by atoms with E-state index in [1.807, 2.05) is 0 Å². The molecule has 2 heterocycles. The fourth-order valence-electron chi connectivity index (χ4n) is 4.76. The van der Waals surface area contributed by atoms with E-state index in [-0.39, 0.29) is 41.1 Å². The molecule has 0 unspecified atom stereocenters. The summed E-state index contributed by atoms with van der Waals surface area (Å²) < 4.78 is 35.9. The maximum atomic E-state index is 12.8. The van der Waals surface area contributed by atoms with E-state index >= 15 is 0 Å². The zero-order valence-corrected chi connectivity index (χ0v) is 22.4. The molecule has 0 saturated carbocycles. The number of nitrogens with one attached hydrogen (secondary N) is 1. The Kier molecular flexibility index (Phi) is 9.71. The highest BCUT2D eigenvalue weighted by atomic mass is 35.5. The van der Waals surface area contributed by atoms with Crippen molar-refractivity contribution in [2.24, 2.45) is 0 Å². The first-order valence-electron chi connectivity index (χ1n) is 12.4. The molecule has 0 aliphatic carbocycles. The van der Waals surface area contributed by atoms with Crippen molar-refractivity contribution in [3.63, 3.8) is 0 Å². The minimum absolute atomic E-state index is 0.00160. The van der Waals surface area contributed by atoms with Crippen LogP contribution in [0, 0.1) is 0 Å². The number of aliphatic hydroxyl groups is 1. The number of hydrogen-bond acceptors (Lipinski definition) is 7. The van der Waals surface area contributed by atoms with Gasteiger partial charge < -0.3 is 34.8 Å². The number of aliphatic carboxylic acids is 1. The zero-order chi connectivity index (χ0) is 28.1. The van der Waals surface area contributed by atoms with Gasteiger partial charge in [0.2, 0.25) is 0 Å². The number of hydrogen-bond donors (Lipinski definition) is 3. The van der Waals surface area contributed by atoms with E-state index in [9.17, 15) is 23.5 Å². The molecule has 3 N–H and O–H groups in total. The predicted molar refractivity (Wildman–Crippen MR) is 142 cm³/mol. The molecule has 212 valence electrons. The smallest absolute Gasteiger partial charge is 0.341 e. The molecule has 39 heavy (non-hydrogen) atoms. The Morgan fingerprint density at radius 2 is 1.74 bits per heavy atom. The lowest BCUT2D eigenvalue weighted by Crippen LogP contribution is -2.50. The summed E-state index contributed by atoms with van der Waals surface area (Å²) in [4.78, 5) is 27.4. The average Bonchev–Trinajstić information content (AvgIpc) is 3.26. The monoisotopic (exact) mass is 587 g/mol. The second-order valence-corrected chi connectivity index (χ2v) is 10.3. The molecular weight excluding hydrogens is 559 g/mol. The summed E-state index contributed by atoms with van der Waals surface area (Å²) in [5, 5.41) is 23.9. The molecule has 1 amide bonds. The van der Waals surface area contributed by atoms with Crippen LogP contribution in [-0.4, -0.2) is 91.0 Å². The van der Waals surface area contributed by atoms with Gasteiger partial charge in [-0.05, 0) is 37.1 Å². The van der Waals surface area contributed by atoms with Crippen LogP contribution in [0.1, 0.15) is 23.2 Å². The topological polar surface area (TPSA) is 112 Å². The lowest BCUT2D eigenvalue weighted by Gasteiger charge is -2.34. The van der Waals surface area contributed by atoms with Gasteiger partial charge in [0, 0.05) is 54.9 Å². The molecule has 2 aliphatic rings. The zero-order valence-electron chi connectivity index (χ0n) is 20.9. The van der Waals surface area contributed by atoms with E-state index in [1.165, 1.54) is 12.1 Å². The van der Waals surface area contributed by atoms with Gasteiger partial charge in [0.05, 0.1) is 22.9 Å². The number of β-amino-alcohol motifs (C(OH)–C–C–N with tert-alkyl or cyclic N) is 1. The molecule has 2 aromatic rings. The standard InChI is InChI=1S/C26H29Cl2F2N3O6/c27-16-3-1-15(2-4-16)26(37)32-7-5-17(6-8-32)31-19-11-33(12-21(19)34)20-10-22(38-13-24(29)30)18(28)9-23(20)39-14-25(35)36/h1-4,9-10,17,19,21,24,31,34H,5-8,11-14H2,(H,35,36)/t19-,21-/m1/s1. The van der Waals surface area contributed by atoms with Gasteiger partial charge in [-0.3, -0.25) is 4.79 Å². The number of carboxylic acids is 1. The van der Waals surface area contributed by atoms with Gasteiger partial charge in [0.1, 0.15) is 18.1 Å². The summed E-state index contributed by atoms with van der Waals surface area (Å²) in [5.74, 6) is -1.12. The molecule has 0 radical (unpaired) electrons. The summed E-state index contributed by atoms with van der Waals surface area (Å²) in [6.45, 7) is 0.142. The minimum atomic E-state index is -2.71. The van der Waals surface area contributed by atoms with Crippen LogP contribution in [0.3, 0.4) is 0 Å². The predicted octanol–water partition coefficient (Wildman–Crippen LogP) is 3.54. The Balaban J connectivity index is 1.39. The number of halogens is 4. The Morgan fingerprint density at radius 1 is 1.05 bits per heavy atom. The summed E-state index contributed by atoms with van der Waals surface area (Å²) >= 11 is 12.1. The van der Waals surface area contributed by atoms with E-state index in [1.54, 1.807) is 34.1 Å². The second-order valence-electron chi connectivity index (χ2n) is 9.45. The Bertz CT molecular complexity index is 1170. The molecule has 2 atom stereocenters. The summed E-state index contributed by atoms with van der Waals surface area (Å²) in [5.41, 5.74) is 0.949. The van der Waals surface area contributed by atoms with Crippen molar-refractivity contribution in [1.82, 2.24) is 10.2 Å². The van der Waals surface area contributed by atoms with Crippen LogP contribution in [0.4, 0.5) is 14.5 Å². The second kappa shape index (κ2) is 13.0. The number of carbonyl (C=O) groups is 2. The lowest BCUT2D eigenvalue weighted by molar-refractivity contribution is -0.139. The van der Waals surface area contributed by atoms with Crippen LogP contribution in [0.15, 0.2) is 36.4 Å². The molecule has 4 rings (SSSR count). The SMILES string of the molecule is O=C(O)COc1cc(Cl)c(OCC(F)F)cc1N1C[C@@H](O)[C@H](NC2CCN(C(=O)c3ccc(Cl)cc3)CC2)C1. The molecule has 13 heteroatoms. The van der Waals surface area contributed by atoms with Crippen molar-refractivity contribution >= 4 is 40.8 Å². The number of likely N-dealkylation sites (tertiary alicyclic amines) is 1. The van der Waals surface area contributed by atoms with Crippen molar-refractivity contribution < 1.29 is 38.1 Å². The van der Waals surface area contributed by atoms with E-state index in [0.29, 0.717) is 48.7 Å². The number of alkyl halides is 2. The third kappa shape index (κ3) is 7.63. The van der Waals surface area contributed by atoms with Crippen molar-refractivity contribution in [3.8, 4) is 11.5 Å². The summed E-state index contributed by atoms with van der Waals surface area (Å²) in [6, 6.07) is 9.24. The van der Waals surface area contributed by atoms with Crippen molar-refractivity contribution in [3.05, 3.63) is 52.0 Å². The van der Waals surface area contributed by atoms with Gasteiger partial charge in [-0.15, -0.1) is 0 Å². The molecular formula is C26H29Cl2F2N3O6. The molecule has 0 aromatic heterocycles. The minimum Gasteiger partial charge on any atom is -0.486 e. The maximum absolute atomic E-state index is 12.8. The number of rotatable bonds is 10. The molecule has 2 aliphatic heterocycles. The fraction of sp³-hybridized carbons (Fsp3) is 0.462. The Morgan fingerprint density at radius 3 is 2.38 bits per heavy atom. The van der Waals surface area contributed by atoms with E-state index in [2.05, 4.69) is 5.32 Å². The van der Waals surface area contributed by atoms with Gasteiger partial charge in [-0.2, -0.15) is 0 Å². The summed E-state index contributed by atoms with van der Waals surface area (Å²) in [6.07, 6.45) is -2.08. The fourth-order valence-corrected chi connectivity index (χ4v) is 5.10. The van der Waals surface area contributed by atoms with Gasteiger partial charge in [0.15, 0.2) is 6.61 Å². The number of anilines is 1. The third-order valence-corrected chi connectivity index (χ3v) is 7.23. The Hall–Kier alpha value is -2.86. The molecule has 0 spiro atoms. The largest absolute Gasteiger partial charge is 0.486 e. The highest BCUT2D eigenvalue weighted by Crippen LogP contribution is 2.40. The highest BCUT2D eigenvalue weighted by molar-refractivity contribution is 6.32. The number of carboxylic acid groups (broad SMARTS) is 1. The van der Waals surface area contributed by atoms with Gasteiger partial charge in [-0.25, -0.2) is 13.6 Å². The van der Waals surface area contributed by atoms with E-state index in [4.69, 9.17) is 37.8 Å². The molecule has 0 bridgehead atoms. The maximum Gasteiger partial charge on any atom is 0.341 e. The van der Waals surface area contributed by atoms with E-state index in [0.717, 1.165) is 0 Å². The third-order valence-electron chi connectivity index (χ3n) is 6.68. The van der Waals surface area contributed by atoms with Crippen molar-refractivity contribution in [1.29, 1.82) is 0 Å². The van der Waals surface area contributed by atoms with Crippen LogP contribution >= 0.6 is 23.2 Å². The van der Waals surface area contributed by atoms with Crippen molar-refractivity contribution in [2.75, 3.05) is 44.3 Å². The van der Waals surface area contributed by atoms with Crippen LogP contribution in [0.25, 0.3) is 0 Å². The number of piperidine rings is 1. The number of nitrogens with zero attached hydrogens (tertiary/aromatic N) is 2. The molecule has 2 saturated heterocycles. The number of carbonyl (C=O) groups excluding carboxylic acids is 1. The normalized spacial score (nSPS) is 19.9. The van der Waals surface area contributed by atoms with Gasteiger partial charge in [-0.1, -0.05) is 23.2 Å². The molecule has 9 nitrogen and oxygen atoms in total. The van der Waals surface area contributed by atoms with Crippen LogP contribution < -0.4 is 19.7 Å². The van der Waals surface area contributed by atoms with Crippen LogP contribution in [0.5, 0.6) is 11.5 Å². The first-order chi connectivity index (χ1) is 18.6. The van der Waals surface area contributed by atoms with Crippen LogP contribution in [-0.2, 0) is 4.79 Å². The van der Waals surface area contributed by atoms with Crippen LogP contribution in [0.2, 0.25) is 10.0 Å². The van der Waals surface area contributed by atoms with E-state index < -0.39 is 31.7 Å². The lowest BCUT2D eigenvalue weighted by atomic mass is 10.0. The summed E-state index contributed by atoms with van der Waals surface area (Å²) in [7, 11) is 0. The highest BCUT2D eigenvalue weighted by Gasteiger charge is 2.35. The van der Waals surface area contributed by atoms with Gasteiger partial charge in [0.25, 0.3) is 12.3 Å². The number of benzene rings is 2. The molecule has 2 fully saturated rings. The van der Waals surface area contributed by atoms with Crippen molar-refractivity contribution in [2.45, 2.75) is 37.5 Å². The quantitative estimate of drug-likeness (QED) is 0.387. The Labute approximate surface area is 234 Å². The number of amides is 1. The first-order valence-corrected chi connectivity index (χ1v) is 13.2.